The molecule has 2 heterocycles. The molecule has 0 spiro atoms. The number of aromatic amines is 1. The van der Waals surface area contributed by atoms with Crippen molar-refractivity contribution >= 4 is 6.03 Å². The van der Waals surface area contributed by atoms with E-state index in [-0.39, 0.29) is 12.1 Å². The molecule has 1 aliphatic heterocycles. The summed E-state index contributed by atoms with van der Waals surface area (Å²) in [5.74, 6) is 0.842. The minimum absolute atomic E-state index is 0.0600. The number of imidazole rings is 1. The summed E-state index contributed by atoms with van der Waals surface area (Å²) in [5.41, 5.74) is 2.31. The maximum absolute atomic E-state index is 12.4. The Kier molecular flexibility index (Phi) is 5.01. The van der Waals surface area contributed by atoms with Crippen molar-refractivity contribution < 1.29 is 4.79 Å². The van der Waals surface area contributed by atoms with E-state index < -0.39 is 0 Å². The van der Waals surface area contributed by atoms with E-state index in [0.717, 1.165) is 31.0 Å². The molecule has 0 bridgehead atoms. The monoisotopic (exact) mass is 304 g/mol. The number of amides is 2. The summed E-state index contributed by atoms with van der Waals surface area (Å²) < 4.78 is 0. The first kappa shape index (κ1) is 15.4. The van der Waals surface area contributed by atoms with Crippen molar-refractivity contribution in [2.75, 3.05) is 13.1 Å². The number of fused-ring (bicyclic) bond motifs is 1. The van der Waals surface area contributed by atoms with Crippen LogP contribution in [0, 0.1) is 5.92 Å². The van der Waals surface area contributed by atoms with Crippen LogP contribution >= 0.6 is 0 Å². The van der Waals surface area contributed by atoms with E-state index in [1.54, 1.807) is 6.33 Å². The lowest BCUT2D eigenvalue weighted by Crippen LogP contribution is -2.45. The summed E-state index contributed by atoms with van der Waals surface area (Å²) >= 11 is 0. The van der Waals surface area contributed by atoms with Crippen LogP contribution in [-0.2, 0) is 6.42 Å². The summed E-state index contributed by atoms with van der Waals surface area (Å²) in [6.07, 6.45) is 11.8. The molecule has 1 aliphatic carbocycles. The quantitative estimate of drug-likeness (QED) is 0.895. The maximum Gasteiger partial charge on any atom is 0.317 e. The number of aromatic nitrogens is 2. The summed E-state index contributed by atoms with van der Waals surface area (Å²) in [6.45, 7) is 3.44. The molecular weight excluding hydrogens is 276 g/mol. The number of hydrogen-bond donors (Lipinski definition) is 2. The Hall–Kier alpha value is -1.52. The van der Waals surface area contributed by atoms with E-state index in [1.807, 2.05) is 11.8 Å². The highest BCUT2D eigenvalue weighted by atomic mass is 16.2. The first-order valence-corrected chi connectivity index (χ1v) is 8.86. The molecule has 1 fully saturated rings. The van der Waals surface area contributed by atoms with Gasteiger partial charge in [0, 0.05) is 25.2 Å². The van der Waals surface area contributed by atoms with Crippen molar-refractivity contribution in [3.8, 4) is 0 Å². The third-order valence-corrected chi connectivity index (χ3v) is 5.21. The predicted molar refractivity (Wildman–Crippen MR) is 86.6 cm³/mol. The summed E-state index contributed by atoms with van der Waals surface area (Å²) in [7, 11) is 0. The molecule has 0 saturated heterocycles. The molecule has 5 nitrogen and oxygen atoms in total. The Morgan fingerprint density at radius 1 is 1.36 bits per heavy atom. The molecule has 1 aromatic heterocycles. The molecule has 22 heavy (non-hydrogen) atoms. The fraction of sp³-hybridized carbons (Fsp3) is 0.765. The van der Waals surface area contributed by atoms with Gasteiger partial charge in [0.1, 0.15) is 0 Å². The van der Waals surface area contributed by atoms with Gasteiger partial charge in [0.05, 0.1) is 18.1 Å². The molecular formula is C17H28N4O. The Morgan fingerprint density at radius 3 is 2.95 bits per heavy atom. The number of H-pyrrole nitrogens is 1. The van der Waals surface area contributed by atoms with Crippen LogP contribution in [0.3, 0.4) is 0 Å². The normalized spacial score (nSPS) is 22.4. The van der Waals surface area contributed by atoms with E-state index in [2.05, 4.69) is 15.3 Å². The SMILES string of the molecule is CCNC(=O)N1CCc2[nH]cnc2C1CCC1CCCCC1. The summed E-state index contributed by atoms with van der Waals surface area (Å²) in [5, 5.41) is 2.96. The van der Waals surface area contributed by atoms with E-state index >= 15 is 0 Å². The zero-order valence-electron chi connectivity index (χ0n) is 13.6. The van der Waals surface area contributed by atoms with Crippen LogP contribution < -0.4 is 5.32 Å². The second-order valence-corrected chi connectivity index (χ2v) is 6.64. The third-order valence-electron chi connectivity index (χ3n) is 5.21. The number of rotatable bonds is 4. The minimum Gasteiger partial charge on any atom is -0.348 e. The second kappa shape index (κ2) is 7.16. The molecule has 5 heteroatoms. The van der Waals surface area contributed by atoms with Crippen molar-refractivity contribution in [3.05, 3.63) is 17.7 Å². The van der Waals surface area contributed by atoms with Crippen LogP contribution in [0.15, 0.2) is 6.33 Å². The number of hydrogen-bond acceptors (Lipinski definition) is 2. The molecule has 1 aromatic rings. The second-order valence-electron chi connectivity index (χ2n) is 6.64. The minimum atomic E-state index is 0.0600. The van der Waals surface area contributed by atoms with Gasteiger partial charge in [0.2, 0.25) is 0 Å². The van der Waals surface area contributed by atoms with Crippen molar-refractivity contribution in [2.45, 2.75) is 64.3 Å². The van der Waals surface area contributed by atoms with Gasteiger partial charge in [0.15, 0.2) is 0 Å². The van der Waals surface area contributed by atoms with Crippen LogP contribution in [-0.4, -0.2) is 34.0 Å². The molecule has 0 aromatic carbocycles. The van der Waals surface area contributed by atoms with Gasteiger partial charge in [0.25, 0.3) is 0 Å². The van der Waals surface area contributed by atoms with Crippen LogP contribution in [0.2, 0.25) is 0 Å². The molecule has 1 atom stereocenters. The highest BCUT2D eigenvalue weighted by Gasteiger charge is 2.32. The van der Waals surface area contributed by atoms with Gasteiger partial charge in [-0.2, -0.15) is 0 Å². The van der Waals surface area contributed by atoms with Gasteiger partial charge in [-0.3, -0.25) is 0 Å². The molecule has 0 radical (unpaired) electrons. The molecule has 3 rings (SSSR count). The largest absolute Gasteiger partial charge is 0.348 e. The standard InChI is InChI=1S/C17H28N4O/c1-2-18-17(22)21-11-10-14-16(20-12-19-14)15(21)9-8-13-6-4-3-5-7-13/h12-13,15H,2-11H2,1H3,(H,18,22)(H,19,20). The molecule has 1 saturated carbocycles. The molecule has 2 amide bonds. The maximum atomic E-state index is 12.4. The molecule has 2 aliphatic rings. The lowest BCUT2D eigenvalue weighted by Gasteiger charge is -2.36. The highest BCUT2D eigenvalue weighted by Crippen LogP contribution is 2.35. The number of carbonyl (C=O) groups excluding carboxylic acids is 1. The van der Waals surface area contributed by atoms with Crippen molar-refractivity contribution in [1.29, 1.82) is 0 Å². The van der Waals surface area contributed by atoms with Gasteiger partial charge in [-0.05, 0) is 25.7 Å². The van der Waals surface area contributed by atoms with Crippen LogP contribution in [0.4, 0.5) is 4.79 Å². The number of urea groups is 1. The average molecular weight is 304 g/mol. The molecule has 2 N–H and O–H groups in total. The predicted octanol–water partition coefficient (Wildman–Crippen LogP) is 3.40. The van der Waals surface area contributed by atoms with Crippen molar-refractivity contribution in [2.24, 2.45) is 5.92 Å². The van der Waals surface area contributed by atoms with Gasteiger partial charge >= 0.3 is 6.03 Å². The number of nitrogens with zero attached hydrogens (tertiary/aromatic N) is 2. The molecule has 1 unspecified atom stereocenters. The zero-order chi connectivity index (χ0) is 15.4. The fourth-order valence-electron chi connectivity index (χ4n) is 4.01. The Balaban J connectivity index is 1.69. The third kappa shape index (κ3) is 3.28. The lowest BCUT2D eigenvalue weighted by atomic mass is 9.84. The topological polar surface area (TPSA) is 61.0 Å². The van der Waals surface area contributed by atoms with E-state index in [1.165, 1.54) is 44.2 Å². The number of nitrogens with one attached hydrogen (secondary N) is 2. The summed E-state index contributed by atoms with van der Waals surface area (Å²) in [4.78, 5) is 22.1. The van der Waals surface area contributed by atoms with Crippen LogP contribution in [0.5, 0.6) is 0 Å². The van der Waals surface area contributed by atoms with E-state index in [0.29, 0.717) is 6.54 Å². The Morgan fingerprint density at radius 2 is 2.18 bits per heavy atom. The van der Waals surface area contributed by atoms with Gasteiger partial charge in [-0.15, -0.1) is 0 Å². The first-order chi connectivity index (χ1) is 10.8. The van der Waals surface area contributed by atoms with Crippen LogP contribution in [0.1, 0.15) is 69.3 Å². The highest BCUT2D eigenvalue weighted by molar-refractivity contribution is 5.75. The van der Waals surface area contributed by atoms with Gasteiger partial charge in [-0.1, -0.05) is 32.1 Å². The fourth-order valence-corrected chi connectivity index (χ4v) is 4.01. The van der Waals surface area contributed by atoms with Crippen molar-refractivity contribution in [1.82, 2.24) is 20.2 Å². The van der Waals surface area contributed by atoms with Crippen molar-refractivity contribution in [3.63, 3.8) is 0 Å². The zero-order valence-corrected chi connectivity index (χ0v) is 13.6. The lowest BCUT2D eigenvalue weighted by molar-refractivity contribution is 0.157. The first-order valence-electron chi connectivity index (χ1n) is 8.86. The molecule has 122 valence electrons. The number of carbonyl (C=O) groups is 1. The Labute approximate surface area is 132 Å². The van der Waals surface area contributed by atoms with Gasteiger partial charge in [-0.25, -0.2) is 9.78 Å². The van der Waals surface area contributed by atoms with Crippen LogP contribution in [0.25, 0.3) is 0 Å². The average Bonchev–Trinajstić information content (AvgIpc) is 3.02. The van der Waals surface area contributed by atoms with E-state index in [9.17, 15) is 4.79 Å². The smallest absolute Gasteiger partial charge is 0.317 e. The Bertz CT molecular complexity index is 493. The summed E-state index contributed by atoms with van der Waals surface area (Å²) in [6, 6.07) is 0.202. The van der Waals surface area contributed by atoms with Gasteiger partial charge < -0.3 is 15.2 Å². The van der Waals surface area contributed by atoms with E-state index in [4.69, 9.17) is 0 Å².